The third-order valence-electron chi connectivity index (χ3n) is 5.29. The molecule has 1 aliphatic heterocycles. The highest BCUT2D eigenvalue weighted by Gasteiger charge is 2.43. The summed E-state index contributed by atoms with van der Waals surface area (Å²) in [7, 11) is 0. The lowest BCUT2D eigenvalue weighted by atomic mass is 9.81. The fourth-order valence-corrected chi connectivity index (χ4v) is 4.13. The molecule has 1 unspecified atom stereocenters. The molecule has 116 valence electrons. The Morgan fingerprint density at radius 2 is 2.10 bits per heavy atom. The molecule has 21 heavy (non-hydrogen) atoms. The zero-order valence-corrected chi connectivity index (χ0v) is 13.7. The highest BCUT2D eigenvalue weighted by molar-refractivity contribution is 5.11. The quantitative estimate of drug-likeness (QED) is 0.905. The Labute approximate surface area is 129 Å². The van der Waals surface area contributed by atoms with Gasteiger partial charge in [-0.1, -0.05) is 39.7 Å². The van der Waals surface area contributed by atoms with Gasteiger partial charge in [-0.2, -0.15) is 0 Å². The van der Waals surface area contributed by atoms with Crippen LogP contribution in [-0.4, -0.2) is 34.6 Å². The summed E-state index contributed by atoms with van der Waals surface area (Å²) < 4.78 is 0. The van der Waals surface area contributed by atoms with Gasteiger partial charge < -0.3 is 5.32 Å². The van der Waals surface area contributed by atoms with Crippen molar-refractivity contribution in [2.24, 2.45) is 5.41 Å². The Morgan fingerprint density at radius 3 is 2.71 bits per heavy atom. The van der Waals surface area contributed by atoms with Gasteiger partial charge in [-0.3, -0.25) is 9.88 Å². The molecule has 2 heterocycles. The Morgan fingerprint density at radius 1 is 1.33 bits per heavy atom. The molecule has 0 bridgehead atoms. The first-order valence-corrected chi connectivity index (χ1v) is 8.37. The second kappa shape index (κ2) is 5.69. The lowest BCUT2D eigenvalue weighted by Gasteiger charge is -2.50. The average molecular weight is 287 g/mol. The van der Waals surface area contributed by atoms with E-state index in [1.165, 1.54) is 37.8 Å². The summed E-state index contributed by atoms with van der Waals surface area (Å²) in [6.45, 7) is 10.4. The van der Waals surface area contributed by atoms with Gasteiger partial charge in [-0.25, -0.2) is 0 Å². The molecule has 3 heteroatoms. The van der Waals surface area contributed by atoms with E-state index in [1.807, 2.05) is 12.4 Å². The molecule has 3 nitrogen and oxygen atoms in total. The molecule has 0 amide bonds. The monoisotopic (exact) mass is 287 g/mol. The summed E-state index contributed by atoms with van der Waals surface area (Å²) in [4.78, 5) is 6.99. The minimum atomic E-state index is 0.301. The summed E-state index contributed by atoms with van der Waals surface area (Å²) in [6.07, 6.45) is 9.33. The fraction of sp³-hybridized carbons (Fsp3) is 0.722. The lowest BCUT2D eigenvalue weighted by molar-refractivity contribution is 0.0179. The first-order valence-electron chi connectivity index (χ1n) is 8.37. The van der Waals surface area contributed by atoms with Crippen molar-refractivity contribution in [1.29, 1.82) is 0 Å². The van der Waals surface area contributed by atoms with E-state index in [0.29, 0.717) is 17.0 Å². The van der Waals surface area contributed by atoms with Crippen LogP contribution < -0.4 is 5.32 Å². The number of aromatic nitrogens is 1. The number of nitrogens with one attached hydrogen (secondary N) is 1. The molecule has 1 atom stereocenters. The van der Waals surface area contributed by atoms with Crippen LogP contribution in [0.25, 0.3) is 0 Å². The van der Waals surface area contributed by atoms with Crippen LogP contribution in [0, 0.1) is 5.41 Å². The van der Waals surface area contributed by atoms with Crippen molar-refractivity contribution in [2.75, 3.05) is 13.1 Å². The molecule has 1 saturated carbocycles. The molecule has 1 aromatic heterocycles. The van der Waals surface area contributed by atoms with Gasteiger partial charge >= 0.3 is 0 Å². The van der Waals surface area contributed by atoms with Crippen LogP contribution in [0.15, 0.2) is 24.5 Å². The predicted molar refractivity (Wildman–Crippen MR) is 87.1 cm³/mol. The Kier molecular flexibility index (Phi) is 4.06. The van der Waals surface area contributed by atoms with E-state index >= 15 is 0 Å². The first-order chi connectivity index (χ1) is 9.99. The first kappa shape index (κ1) is 15.0. The van der Waals surface area contributed by atoms with Crippen LogP contribution in [0.5, 0.6) is 0 Å². The number of rotatable bonds is 2. The van der Waals surface area contributed by atoms with Crippen molar-refractivity contribution >= 4 is 0 Å². The van der Waals surface area contributed by atoms with E-state index < -0.39 is 0 Å². The van der Waals surface area contributed by atoms with Crippen LogP contribution in [-0.2, 0) is 6.54 Å². The highest BCUT2D eigenvalue weighted by atomic mass is 15.3. The average Bonchev–Trinajstić information content (AvgIpc) is 2.87. The third kappa shape index (κ3) is 3.29. The molecule has 1 saturated heterocycles. The third-order valence-corrected chi connectivity index (χ3v) is 5.29. The highest BCUT2D eigenvalue weighted by Crippen LogP contribution is 2.37. The van der Waals surface area contributed by atoms with Gasteiger partial charge in [0.25, 0.3) is 0 Å². The molecule has 2 fully saturated rings. The minimum Gasteiger partial charge on any atom is -0.308 e. The summed E-state index contributed by atoms with van der Waals surface area (Å²) >= 11 is 0. The Hall–Kier alpha value is -0.930. The molecule has 1 spiro atoms. The smallest absolute Gasteiger partial charge is 0.0312 e. The van der Waals surface area contributed by atoms with Gasteiger partial charge in [0.05, 0.1) is 0 Å². The molecular formula is C18H29N3. The standard InChI is InChI=1S/C18H29N3/c1-17(2,3)16-12-20-18(8-4-5-9-18)14-21(16)13-15-7-6-10-19-11-15/h6-7,10-11,16,20H,4-5,8-9,12-14H2,1-3H3. The van der Waals surface area contributed by atoms with Crippen molar-refractivity contribution in [1.82, 2.24) is 15.2 Å². The van der Waals surface area contributed by atoms with Gasteiger partial charge in [0, 0.05) is 43.6 Å². The van der Waals surface area contributed by atoms with Gasteiger partial charge in [-0.05, 0) is 29.9 Å². The molecule has 3 rings (SSSR count). The second-order valence-corrected chi connectivity index (χ2v) is 8.02. The minimum absolute atomic E-state index is 0.301. The van der Waals surface area contributed by atoms with Crippen LogP contribution in [0.1, 0.15) is 52.0 Å². The lowest BCUT2D eigenvalue weighted by Crippen LogP contribution is -2.65. The second-order valence-electron chi connectivity index (χ2n) is 8.02. The SMILES string of the molecule is CC(C)(C)C1CNC2(CCCC2)CN1Cc1cccnc1. The Balaban J connectivity index is 1.79. The van der Waals surface area contributed by atoms with Crippen molar-refractivity contribution in [3.8, 4) is 0 Å². The zero-order valence-electron chi connectivity index (χ0n) is 13.7. The molecule has 1 N–H and O–H groups in total. The largest absolute Gasteiger partial charge is 0.308 e. The van der Waals surface area contributed by atoms with E-state index in [9.17, 15) is 0 Å². The summed E-state index contributed by atoms with van der Waals surface area (Å²) in [5.41, 5.74) is 2.01. The molecule has 1 aromatic rings. The maximum atomic E-state index is 4.28. The van der Waals surface area contributed by atoms with Crippen molar-refractivity contribution in [2.45, 2.75) is 64.6 Å². The topological polar surface area (TPSA) is 28.2 Å². The molecule has 0 radical (unpaired) electrons. The zero-order chi connectivity index (χ0) is 14.9. The van der Waals surface area contributed by atoms with E-state index in [4.69, 9.17) is 0 Å². The fourth-order valence-electron chi connectivity index (χ4n) is 4.13. The molecular weight excluding hydrogens is 258 g/mol. The molecule has 0 aromatic carbocycles. The van der Waals surface area contributed by atoms with Gasteiger partial charge in [-0.15, -0.1) is 0 Å². The normalized spacial score (nSPS) is 26.3. The summed E-state index contributed by atoms with van der Waals surface area (Å²) in [6, 6.07) is 4.84. The summed E-state index contributed by atoms with van der Waals surface area (Å²) in [5.74, 6) is 0. The van der Waals surface area contributed by atoms with Gasteiger partial charge in [0.1, 0.15) is 0 Å². The number of nitrogens with zero attached hydrogens (tertiary/aromatic N) is 2. The van der Waals surface area contributed by atoms with Crippen molar-refractivity contribution in [3.05, 3.63) is 30.1 Å². The van der Waals surface area contributed by atoms with E-state index in [0.717, 1.165) is 13.1 Å². The summed E-state index contributed by atoms with van der Waals surface area (Å²) in [5, 5.41) is 3.91. The van der Waals surface area contributed by atoms with E-state index in [1.54, 1.807) is 0 Å². The Bertz CT molecular complexity index is 457. The van der Waals surface area contributed by atoms with Gasteiger partial charge in [0.15, 0.2) is 0 Å². The maximum absolute atomic E-state index is 4.28. The number of piperazine rings is 1. The van der Waals surface area contributed by atoms with Crippen LogP contribution in [0.2, 0.25) is 0 Å². The predicted octanol–water partition coefficient (Wildman–Crippen LogP) is 3.21. The molecule has 2 aliphatic rings. The van der Waals surface area contributed by atoms with Crippen molar-refractivity contribution in [3.63, 3.8) is 0 Å². The number of hydrogen-bond donors (Lipinski definition) is 1. The van der Waals surface area contributed by atoms with Crippen LogP contribution >= 0.6 is 0 Å². The van der Waals surface area contributed by atoms with Crippen molar-refractivity contribution < 1.29 is 0 Å². The number of hydrogen-bond acceptors (Lipinski definition) is 3. The van der Waals surface area contributed by atoms with E-state index in [2.05, 4.69) is 48.1 Å². The van der Waals surface area contributed by atoms with Crippen LogP contribution in [0.4, 0.5) is 0 Å². The van der Waals surface area contributed by atoms with E-state index in [-0.39, 0.29) is 0 Å². The number of pyridine rings is 1. The van der Waals surface area contributed by atoms with Crippen LogP contribution in [0.3, 0.4) is 0 Å². The van der Waals surface area contributed by atoms with Gasteiger partial charge in [0.2, 0.25) is 0 Å². The maximum Gasteiger partial charge on any atom is 0.0312 e. The molecule has 1 aliphatic carbocycles.